The van der Waals surface area contributed by atoms with Crippen molar-refractivity contribution in [1.29, 1.82) is 0 Å². The van der Waals surface area contributed by atoms with Gasteiger partial charge >= 0.3 is 0 Å². The second-order valence-corrected chi connectivity index (χ2v) is 4.27. The first-order valence-electron chi connectivity index (χ1n) is 4.10. The van der Waals surface area contributed by atoms with Gasteiger partial charge in [0.1, 0.15) is 5.75 Å². The molecule has 5 heteroatoms. The molecule has 0 bridgehead atoms. The highest BCUT2D eigenvalue weighted by atomic mass is 79.9. The van der Waals surface area contributed by atoms with E-state index in [1.165, 1.54) is 0 Å². The summed E-state index contributed by atoms with van der Waals surface area (Å²) in [4.78, 5) is 0. The van der Waals surface area contributed by atoms with Crippen molar-refractivity contribution in [2.24, 2.45) is 5.73 Å². The molecule has 0 aliphatic rings. The number of phenolic OH excluding ortho intramolecular Hbond substituents is 1. The average molecular weight is 281 g/mol. The van der Waals surface area contributed by atoms with Crippen molar-refractivity contribution in [2.75, 3.05) is 6.61 Å². The Balaban J connectivity index is 3.07. The van der Waals surface area contributed by atoms with E-state index in [1.807, 2.05) is 0 Å². The lowest BCUT2D eigenvalue weighted by Crippen LogP contribution is -2.12. The normalized spacial score (nSPS) is 12.9. The van der Waals surface area contributed by atoms with Crippen LogP contribution in [0.25, 0.3) is 0 Å². The highest BCUT2D eigenvalue weighted by Gasteiger charge is 2.13. The molecule has 0 aliphatic carbocycles. The van der Waals surface area contributed by atoms with E-state index < -0.39 is 6.04 Å². The Kier molecular flexibility index (Phi) is 4.19. The standard InChI is InChI=1S/C9H11BrClNO2/c10-5-3-6(8(12)1-2-13)9(14)7(11)4-5/h3-4,8,13-14H,1-2,12H2/t8-/m1/s1. The summed E-state index contributed by atoms with van der Waals surface area (Å²) in [5, 5.41) is 18.6. The summed E-state index contributed by atoms with van der Waals surface area (Å²) in [5.41, 5.74) is 6.28. The minimum absolute atomic E-state index is 0.0178. The quantitative estimate of drug-likeness (QED) is 0.795. The van der Waals surface area contributed by atoms with Crippen LogP contribution in [0, 0.1) is 0 Å². The van der Waals surface area contributed by atoms with Gasteiger partial charge in [-0.25, -0.2) is 0 Å². The molecule has 3 nitrogen and oxygen atoms in total. The molecule has 0 aliphatic heterocycles. The van der Waals surface area contributed by atoms with Gasteiger partial charge in [0.25, 0.3) is 0 Å². The highest BCUT2D eigenvalue weighted by molar-refractivity contribution is 9.10. The van der Waals surface area contributed by atoms with Crippen LogP contribution < -0.4 is 5.73 Å². The maximum absolute atomic E-state index is 9.60. The molecule has 1 atom stereocenters. The fourth-order valence-electron chi connectivity index (χ4n) is 1.16. The first-order valence-corrected chi connectivity index (χ1v) is 5.27. The second-order valence-electron chi connectivity index (χ2n) is 2.94. The molecule has 0 amide bonds. The summed E-state index contributed by atoms with van der Waals surface area (Å²) < 4.78 is 0.753. The number of benzene rings is 1. The van der Waals surface area contributed by atoms with E-state index in [-0.39, 0.29) is 17.4 Å². The Labute approximate surface area is 95.6 Å². The van der Waals surface area contributed by atoms with Crippen molar-refractivity contribution in [3.05, 3.63) is 27.2 Å². The molecule has 0 saturated heterocycles. The van der Waals surface area contributed by atoms with E-state index in [4.69, 9.17) is 22.4 Å². The van der Waals surface area contributed by atoms with Crippen LogP contribution in [0.5, 0.6) is 5.75 Å². The molecule has 0 unspecified atom stereocenters. The molecule has 0 heterocycles. The molecule has 4 N–H and O–H groups in total. The molecule has 1 rings (SSSR count). The smallest absolute Gasteiger partial charge is 0.139 e. The van der Waals surface area contributed by atoms with E-state index in [9.17, 15) is 5.11 Å². The van der Waals surface area contributed by atoms with Crippen LogP contribution in [0.3, 0.4) is 0 Å². The molecule has 0 saturated carbocycles. The van der Waals surface area contributed by atoms with E-state index in [0.717, 1.165) is 4.47 Å². The maximum atomic E-state index is 9.60. The van der Waals surface area contributed by atoms with Crippen molar-refractivity contribution in [2.45, 2.75) is 12.5 Å². The molecule has 0 spiro atoms. The number of aliphatic hydroxyl groups is 1. The number of aromatic hydroxyl groups is 1. The molecule has 0 radical (unpaired) electrons. The van der Waals surface area contributed by atoms with Gasteiger partial charge in [-0.05, 0) is 18.6 Å². The Hall–Kier alpha value is -0.290. The molecule has 78 valence electrons. The van der Waals surface area contributed by atoms with E-state index in [0.29, 0.717) is 12.0 Å². The summed E-state index contributed by atoms with van der Waals surface area (Å²) in [6, 6.07) is 2.88. The molecule has 1 aromatic carbocycles. The number of nitrogens with two attached hydrogens (primary N) is 1. The third-order valence-electron chi connectivity index (χ3n) is 1.90. The zero-order chi connectivity index (χ0) is 10.7. The highest BCUT2D eigenvalue weighted by Crippen LogP contribution is 2.34. The molecular formula is C9H11BrClNO2. The first-order chi connectivity index (χ1) is 6.56. The second kappa shape index (κ2) is 4.98. The topological polar surface area (TPSA) is 66.5 Å². The number of phenols is 1. The minimum Gasteiger partial charge on any atom is -0.506 e. The lowest BCUT2D eigenvalue weighted by molar-refractivity contribution is 0.275. The van der Waals surface area contributed by atoms with Crippen LogP contribution in [-0.4, -0.2) is 16.8 Å². The fraction of sp³-hybridized carbons (Fsp3) is 0.333. The largest absolute Gasteiger partial charge is 0.506 e. The van der Waals surface area contributed by atoms with Crippen LogP contribution in [0.2, 0.25) is 5.02 Å². The fourth-order valence-corrected chi connectivity index (χ4v) is 2.00. The number of halogens is 2. The van der Waals surface area contributed by atoms with Gasteiger partial charge in [0.2, 0.25) is 0 Å². The van der Waals surface area contributed by atoms with Crippen LogP contribution in [-0.2, 0) is 0 Å². The van der Waals surface area contributed by atoms with Crippen molar-refractivity contribution < 1.29 is 10.2 Å². The van der Waals surface area contributed by atoms with Crippen molar-refractivity contribution in [3.63, 3.8) is 0 Å². The zero-order valence-corrected chi connectivity index (χ0v) is 9.72. The van der Waals surface area contributed by atoms with E-state index in [1.54, 1.807) is 12.1 Å². The van der Waals surface area contributed by atoms with Crippen LogP contribution in [0.15, 0.2) is 16.6 Å². The number of aliphatic hydroxyl groups excluding tert-OH is 1. The van der Waals surface area contributed by atoms with Gasteiger partial charge in [0, 0.05) is 22.7 Å². The van der Waals surface area contributed by atoms with Gasteiger partial charge < -0.3 is 15.9 Å². The van der Waals surface area contributed by atoms with Crippen LogP contribution >= 0.6 is 27.5 Å². The summed E-state index contributed by atoms with van der Waals surface area (Å²) in [7, 11) is 0. The molecule has 0 fully saturated rings. The van der Waals surface area contributed by atoms with Gasteiger partial charge in [0.15, 0.2) is 0 Å². The first kappa shape index (κ1) is 11.8. The van der Waals surface area contributed by atoms with Gasteiger partial charge in [-0.1, -0.05) is 27.5 Å². The minimum atomic E-state index is -0.407. The summed E-state index contributed by atoms with van der Waals surface area (Å²) in [5.74, 6) is -0.0178. The van der Waals surface area contributed by atoms with Gasteiger partial charge in [-0.2, -0.15) is 0 Å². The van der Waals surface area contributed by atoms with E-state index >= 15 is 0 Å². The maximum Gasteiger partial charge on any atom is 0.139 e. The Morgan fingerprint density at radius 2 is 2.14 bits per heavy atom. The summed E-state index contributed by atoms with van der Waals surface area (Å²) in [6.45, 7) is -0.0231. The average Bonchev–Trinajstić information content (AvgIpc) is 2.11. The van der Waals surface area contributed by atoms with Gasteiger partial charge in [-0.15, -0.1) is 0 Å². The van der Waals surface area contributed by atoms with Crippen molar-refractivity contribution in [1.82, 2.24) is 0 Å². The predicted octanol–water partition coefficient (Wildman–Crippen LogP) is 2.19. The Bertz CT molecular complexity index is 333. The summed E-state index contributed by atoms with van der Waals surface area (Å²) in [6.07, 6.45) is 0.389. The van der Waals surface area contributed by atoms with Gasteiger partial charge in [0.05, 0.1) is 5.02 Å². The van der Waals surface area contributed by atoms with Crippen LogP contribution in [0.1, 0.15) is 18.0 Å². The third-order valence-corrected chi connectivity index (χ3v) is 2.64. The van der Waals surface area contributed by atoms with E-state index in [2.05, 4.69) is 15.9 Å². The van der Waals surface area contributed by atoms with Crippen LogP contribution in [0.4, 0.5) is 0 Å². The number of hydrogen-bond donors (Lipinski definition) is 3. The molecule has 0 aromatic heterocycles. The van der Waals surface area contributed by atoms with Crippen molar-refractivity contribution in [3.8, 4) is 5.75 Å². The Morgan fingerprint density at radius 3 is 2.71 bits per heavy atom. The monoisotopic (exact) mass is 279 g/mol. The molecule has 1 aromatic rings. The lowest BCUT2D eigenvalue weighted by atomic mass is 10.0. The number of rotatable bonds is 3. The molecular weight excluding hydrogens is 269 g/mol. The molecule has 14 heavy (non-hydrogen) atoms. The predicted molar refractivity (Wildman–Crippen MR) is 59.4 cm³/mol. The zero-order valence-electron chi connectivity index (χ0n) is 7.37. The SMILES string of the molecule is N[C@H](CCO)c1cc(Br)cc(Cl)c1O. The summed E-state index contributed by atoms with van der Waals surface area (Å²) >= 11 is 9.02. The van der Waals surface area contributed by atoms with Gasteiger partial charge in [-0.3, -0.25) is 0 Å². The third kappa shape index (κ3) is 2.60. The number of hydrogen-bond acceptors (Lipinski definition) is 3. The lowest BCUT2D eigenvalue weighted by Gasteiger charge is -2.13. The Morgan fingerprint density at radius 1 is 1.50 bits per heavy atom. The van der Waals surface area contributed by atoms with Crippen molar-refractivity contribution >= 4 is 27.5 Å².